The molecule has 21 heavy (non-hydrogen) atoms. The summed E-state index contributed by atoms with van der Waals surface area (Å²) in [4.78, 5) is 12.1. The molecule has 2 aromatic rings. The van der Waals surface area contributed by atoms with E-state index in [9.17, 15) is 4.79 Å². The van der Waals surface area contributed by atoms with Crippen molar-refractivity contribution in [2.45, 2.75) is 13.3 Å². The van der Waals surface area contributed by atoms with E-state index < -0.39 is 0 Å². The zero-order valence-electron chi connectivity index (χ0n) is 11.4. The van der Waals surface area contributed by atoms with Gasteiger partial charge in [0.2, 0.25) is 0 Å². The third-order valence-electron chi connectivity index (χ3n) is 2.90. The summed E-state index contributed by atoms with van der Waals surface area (Å²) in [6.45, 7) is 1.98. The molecule has 0 saturated heterocycles. The molecule has 0 fully saturated rings. The molecule has 2 aromatic carbocycles. The number of nitrogens with one attached hydrogen (secondary N) is 1. The number of carbonyl (C=O) groups excluding carboxylic acids is 1. The van der Waals surface area contributed by atoms with Gasteiger partial charge >= 0.3 is 0 Å². The number of benzene rings is 2. The first-order valence-electron chi connectivity index (χ1n) is 6.49. The van der Waals surface area contributed by atoms with Crippen LogP contribution < -0.4 is 5.43 Å². The van der Waals surface area contributed by atoms with Gasteiger partial charge in [0, 0.05) is 9.50 Å². The Morgan fingerprint density at radius 2 is 2.00 bits per heavy atom. The molecule has 0 saturated carbocycles. The number of hydrogen-bond donors (Lipinski definition) is 1. The molecular formula is C16H14BrClN2O. The quantitative estimate of drug-likeness (QED) is 0.622. The highest BCUT2D eigenvalue weighted by Gasteiger charge is 2.09. The first-order chi connectivity index (χ1) is 10.1. The van der Waals surface area contributed by atoms with E-state index in [0.717, 1.165) is 15.7 Å². The molecule has 0 radical (unpaired) electrons. The maximum absolute atomic E-state index is 12.1. The second-order valence-electron chi connectivity index (χ2n) is 4.34. The molecule has 3 nitrogen and oxygen atoms in total. The zero-order chi connectivity index (χ0) is 15.2. The fourth-order valence-corrected chi connectivity index (χ4v) is 2.49. The Morgan fingerprint density at radius 3 is 2.67 bits per heavy atom. The molecule has 0 aliphatic carbocycles. The second kappa shape index (κ2) is 7.38. The Kier molecular flexibility index (Phi) is 5.53. The first kappa shape index (κ1) is 15.7. The van der Waals surface area contributed by atoms with Gasteiger partial charge in [-0.2, -0.15) is 5.10 Å². The lowest BCUT2D eigenvalue weighted by atomic mass is 10.1. The van der Waals surface area contributed by atoms with Crippen LogP contribution >= 0.6 is 27.5 Å². The van der Waals surface area contributed by atoms with Crippen LogP contribution in [-0.4, -0.2) is 11.6 Å². The highest BCUT2D eigenvalue weighted by molar-refractivity contribution is 9.10. The van der Waals surface area contributed by atoms with E-state index in [0.29, 0.717) is 17.0 Å². The zero-order valence-corrected chi connectivity index (χ0v) is 13.8. The predicted molar refractivity (Wildman–Crippen MR) is 89.9 cm³/mol. The number of nitrogens with zero attached hydrogens (tertiary/aromatic N) is 1. The van der Waals surface area contributed by atoms with Gasteiger partial charge in [-0.15, -0.1) is 0 Å². The van der Waals surface area contributed by atoms with Gasteiger partial charge in [-0.05, 0) is 52.2 Å². The van der Waals surface area contributed by atoms with Gasteiger partial charge in [0.15, 0.2) is 0 Å². The summed E-state index contributed by atoms with van der Waals surface area (Å²) < 4.78 is 0.735. The van der Waals surface area contributed by atoms with Crippen LogP contribution in [0.2, 0.25) is 5.02 Å². The molecule has 5 heteroatoms. The van der Waals surface area contributed by atoms with E-state index in [1.807, 2.05) is 37.3 Å². The Bertz CT molecular complexity index is 685. The molecule has 1 amide bonds. The average molecular weight is 366 g/mol. The summed E-state index contributed by atoms with van der Waals surface area (Å²) in [5.41, 5.74) is 4.81. The predicted octanol–water partition coefficient (Wildman–Crippen LogP) is 4.65. The van der Waals surface area contributed by atoms with E-state index in [1.54, 1.807) is 18.2 Å². The topological polar surface area (TPSA) is 41.5 Å². The Balaban J connectivity index is 2.19. The maximum atomic E-state index is 12.1. The largest absolute Gasteiger partial charge is 0.272 e. The van der Waals surface area contributed by atoms with E-state index in [1.165, 1.54) is 0 Å². The van der Waals surface area contributed by atoms with E-state index in [4.69, 9.17) is 11.6 Å². The van der Waals surface area contributed by atoms with Crippen molar-refractivity contribution in [2.75, 3.05) is 0 Å². The van der Waals surface area contributed by atoms with E-state index >= 15 is 0 Å². The monoisotopic (exact) mass is 364 g/mol. The van der Waals surface area contributed by atoms with Gasteiger partial charge in [0.1, 0.15) is 0 Å². The lowest BCUT2D eigenvalue weighted by Gasteiger charge is -2.06. The lowest BCUT2D eigenvalue weighted by molar-refractivity contribution is 0.0954. The molecule has 108 valence electrons. The lowest BCUT2D eigenvalue weighted by Crippen LogP contribution is -2.20. The summed E-state index contributed by atoms with van der Waals surface area (Å²) in [5.74, 6) is -0.254. The van der Waals surface area contributed by atoms with Crippen LogP contribution in [0.25, 0.3) is 0 Å². The Morgan fingerprint density at radius 1 is 1.24 bits per heavy atom. The summed E-state index contributed by atoms with van der Waals surface area (Å²) in [7, 11) is 0. The van der Waals surface area contributed by atoms with Gasteiger partial charge in [0.25, 0.3) is 5.91 Å². The van der Waals surface area contributed by atoms with Crippen LogP contribution in [0.5, 0.6) is 0 Å². The van der Waals surface area contributed by atoms with Crippen molar-refractivity contribution in [3.8, 4) is 0 Å². The van der Waals surface area contributed by atoms with E-state index in [2.05, 4.69) is 26.5 Å². The fraction of sp³-hybridized carbons (Fsp3) is 0.125. The van der Waals surface area contributed by atoms with Crippen molar-refractivity contribution in [1.29, 1.82) is 0 Å². The summed E-state index contributed by atoms with van der Waals surface area (Å²) in [5, 5.41) is 4.85. The highest BCUT2D eigenvalue weighted by Crippen LogP contribution is 2.16. The minimum atomic E-state index is -0.254. The third kappa shape index (κ3) is 4.16. The Labute approximate surface area is 137 Å². The molecular weight excluding hydrogens is 352 g/mol. The van der Waals surface area contributed by atoms with Crippen molar-refractivity contribution in [1.82, 2.24) is 5.43 Å². The molecule has 0 atom stereocenters. The molecule has 0 spiro atoms. The van der Waals surface area contributed by atoms with Crippen molar-refractivity contribution in [3.05, 3.63) is 69.2 Å². The number of hydrogen-bond acceptors (Lipinski definition) is 2. The molecule has 0 unspecified atom stereocenters. The van der Waals surface area contributed by atoms with E-state index in [-0.39, 0.29) is 5.91 Å². The standard InChI is InChI=1S/C16H14BrClN2O/c1-2-15(11-6-5-7-12(18)10-11)19-20-16(21)13-8-3-4-9-14(13)17/h3-10H,2H2,1H3,(H,20,21)/b19-15+. The smallest absolute Gasteiger partial charge is 0.267 e. The van der Waals surface area contributed by atoms with Gasteiger partial charge in [0.05, 0.1) is 11.3 Å². The molecule has 1 N–H and O–H groups in total. The van der Waals surface area contributed by atoms with Crippen LogP contribution in [0, 0.1) is 0 Å². The second-order valence-corrected chi connectivity index (χ2v) is 5.63. The van der Waals surface area contributed by atoms with Crippen LogP contribution in [0.4, 0.5) is 0 Å². The van der Waals surface area contributed by atoms with Crippen LogP contribution in [0.1, 0.15) is 29.3 Å². The van der Waals surface area contributed by atoms with Crippen molar-refractivity contribution >= 4 is 39.1 Å². The number of rotatable bonds is 4. The van der Waals surface area contributed by atoms with Crippen LogP contribution in [0.15, 0.2) is 58.1 Å². The van der Waals surface area contributed by atoms with Gasteiger partial charge < -0.3 is 0 Å². The fourth-order valence-electron chi connectivity index (χ4n) is 1.84. The maximum Gasteiger partial charge on any atom is 0.272 e. The molecule has 0 aliphatic rings. The molecule has 0 heterocycles. The third-order valence-corrected chi connectivity index (χ3v) is 3.83. The van der Waals surface area contributed by atoms with Crippen molar-refractivity contribution < 1.29 is 4.79 Å². The number of carbonyl (C=O) groups is 1. The average Bonchev–Trinajstić information content (AvgIpc) is 2.48. The van der Waals surface area contributed by atoms with Gasteiger partial charge in [-0.1, -0.05) is 42.8 Å². The normalized spacial score (nSPS) is 11.3. The Hall–Kier alpha value is -1.65. The highest BCUT2D eigenvalue weighted by atomic mass is 79.9. The van der Waals surface area contributed by atoms with Crippen molar-refractivity contribution in [2.24, 2.45) is 5.10 Å². The van der Waals surface area contributed by atoms with Crippen molar-refractivity contribution in [3.63, 3.8) is 0 Å². The number of amides is 1. The summed E-state index contributed by atoms with van der Waals surface area (Å²) in [6.07, 6.45) is 0.691. The number of hydrazone groups is 1. The molecule has 0 bridgehead atoms. The number of halogens is 2. The minimum absolute atomic E-state index is 0.254. The van der Waals surface area contributed by atoms with Gasteiger partial charge in [-0.25, -0.2) is 5.43 Å². The van der Waals surface area contributed by atoms with Crippen LogP contribution in [-0.2, 0) is 0 Å². The molecule has 0 aromatic heterocycles. The molecule has 2 rings (SSSR count). The molecule has 0 aliphatic heterocycles. The minimum Gasteiger partial charge on any atom is -0.267 e. The SMILES string of the molecule is CC/C(=N\NC(=O)c1ccccc1Br)c1cccc(Cl)c1. The van der Waals surface area contributed by atoms with Gasteiger partial charge in [-0.3, -0.25) is 4.79 Å². The van der Waals surface area contributed by atoms with Crippen LogP contribution in [0.3, 0.4) is 0 Å². The summed E-state index contributed by atoms with van der Waals surface area (Å²) >= 11 is 9.33. The first-order valence-corrected chi connectivity index (χ1v) is 7.66. The summed E-state index contributed by atoms with van der Waals surface area (Å²) in [6, 6.07) is 14.6.